The van der Waals surface area contributed by atoms with Gasteiger partial charge in [-0.15, -0.1) is 12.4 Å². The summed E-state index contributed by atoms with van der Waals surface area (Å²) in [5.41, 5.74) is 3.41. The molecule has 2 aromatic carbocycles. The lowest BCUT2D eigenvalue weighted by molar-refractivity contribution is -0.126. The number of hydrogen-bond acceptors (Lipinski definition) is 3. The van der Waals surface area contributed by atoms with Crippen molar-refractivity contribution in [3.8, 4) is 16.9 Å². The maximum Gasteiger partial charge on any atom is 0.225 e. The molecule has 23 heavy (non-hydrogen) atoms. The van der Waals surface area contributed by atoms with E-state index in [1.54, 1.807) is 7.11 Å². The first-order chi connectivity index (χ1) is 10.8. The molecule has 0 bridgehead atoms. The molecule has 0 aromatic heterocycles. The van der Waals surface area contributed by atoms with Crippen LogP contribution in [0, 0.1) is 5.92 Å². The molecule has 1 fully saturated rings. The summed E-state index contributed by atoms with van der Waals surface area (Å²) in [5, 5.41) is 6.08. The molecule has 2 aromatic rings. The summed E-state index contributed by atoms with van der Waals surface area (Å²) >= 11 is 0. The highest BCUT2D eigenvalue weighted by Gasteiger charge is 2.24. The van der Waals surface area contributed by atoms with E-state index in [1.807, 2.05) is 24.3 Å². The number of methoxy groups -OCH3 is 1. The number of hydrogen-bond donors (Lipinski definition) is 2. The first-order valence-electron chi connectivity index (χ1n) is 7.48. The fraction of sp³-hybridized carbons (Fsp3) is 0.278. The van der Waals surface area contributed by atoms with E-state index in [4.69, 9.17) is 4.74 Å². The molecule has 1 amide bonds. The predicted octanol–water partition coefficient (Wildman–Crippen LogP) is 2.62. The van der Waals surface area contributed by atoms with E-state index in [0.717, 1.165) is 35.5 Å². The van der Waals surface area contributed by atoms with Crippen molar-refractivity contribution in [1.29, 1.82) is 0 Å². The Hall–Kier alpha value is -2.04. The number of amides is 1. The van der Waals surface area contributed by atoms with Gasteiger partial charge in [-0.2, -0.15) is 0 Å². The molecule has 4 nitrogen and oxygen atoms in total. The van der Waals surface area contributed by atoms with Crippen LogP contribution in [0.1, 0.15) is 5.56 Å². The molecular weight excluding hydrogens is 312 g/mol. The Labute approximate surface area is 142 Å². The maximum atomic E-state index is 11.8. The first kappa shape index (κ1) is 17.3. The third kappa shape index (κ3) is 4.24. The van der Waals surface area contributed by atoms with Gasteiger partial charge in [0.15, 0.2) is 0 Å². The van der Waals surface area contributed by atoms with E-state index in [-0.39, 0.29) is 24.2 Å². The first-order valence-corrected chi connectivity index (χ1v) is 7.48. The van der Waals surface area contributed by atoms with Gasteiger partial charge in [0, 0.05) is 19.6 Å². The van der Waals surface area contributed by atoms with Crippen LogP contribution in [0.3, 0.4) is 0 Å². The zero-order chi connectivity index (χ0) is 15.4. The second kappa shape index (κ2) is 7.99. The van der Waals surface area contributed by atoms with E-state index < -0.39 is 0 Å². The van der Waals surface area contributed by atoms with Crippen LogP contribution in [-0.2, 0) is 11.3 Å². The van der Waals surface area contributed by atoms with Crippen LogP contribution < -0.4 is 15.4 Å². The van der Waals surface area contributed by atoms with Crippen molar-refractivity contribution in [2.24, 2.45) is 5.92 Å². The Bertz CT molecular complexity index is 637. The van der Waals surface area contributed by atoms with Crippen molar-refractivity contribution in [1.82, 2.24) is 10.6 Å². The van der Waals surface area contributed by atoms with Gasteiger partial charge in [0.25, 0.3) is 0 Å². The average molecular weight is 333 g/mol. The highest BCUT2D eigenvalue weighted by atomic mass is 35.5. The van der Waals surface area contributed by atoms with Crippen LogP contribution in [0.4, 0.5) is 0 Å². The Kier molecular flexibility index (Phi) is 6.02. The molecule has 2 N–H and O–H groups in total. The number of ether oxygens (including phenoxy) is 1. The van der Waals surface area contributed by atoms with Crippen molar-refractivity contribution < 1.29 is 9.53 Å². The normalized spacial score (nSPS) is 13.6. The van der Waals surface area contributed by atoms with Gasteiger partial charge in [-0.05, 0) is 28.8 Å². The van der Waals surface area contributed by atoms with Crippen molar-refractivity contribution in [3.63, 3.8) is 0 Å². The summed E-state index contributed by atoms with van der Waals surface area (Å²) in [7, 11) is 1.66. The Morgan fingerprint density at radius 1 is 1.09 bits per heavy atom. The van der Waals surface area contributed by atoms with Gasteiger partial charge in [-0.25, -0.2) is 0 Å². The lowest BCUT2D eigenvalue weighted by atomic mass is 10.0. The van der Waals surface area contributed by atoms with Crippen LogP contribution in [-0.4, -0.2) is 26.1 Å². The van der Waals surface area contributed by atoms with Gasteiger partial charge in [0.1, 0.15) is 5.75 Å². The summed E-state index contributed by atoms with van der Waals surface area (Å²) in [6.07, 6.45) is 0. The number of benzene rings is 2. The number of halogens is 1. The molecule has 0 radical (unpaired) electrons. The number of rotatable bonds is 5. The lowest BCUT2D eigenvalue weighted by Gasteiger charge is -2.25. The standard InChI is InChI=1S/C18H20N2O2.ClH/c1-22-17-8-6-15(7-9-17)14-4-2-13(3-5-14)10-20-18(21)16-11-19-12-16;/h2-9,16,19H,10-12H2,1H3,(H,20,21);1H. The molecule has 5 heteroatoms. The third-order valence-corrected chi connectivity index (χ3v) is 4.00. The van der Waals surface area contributed by atoms with Gasteiger partial charge in [-0.1, -0.05) is 36.4 Å². The van der Waals surface area contributed by atoms with E-state index in [0.29, 0.717) is 6.54 Å². The van der Waals surface area contributed by atoms with E-state index in [2.05, 4.69) is 34.9 Å². The molecule has 1 aliphatic heterocycles. The second-order valence-corrected chi connectivity index (χ2v) is 5.50. The van der Waals surface area contributed by atoms with Crippen molar-refractivity contribution >= 4 is 18.3 Å². The molecule has 0 saturated carbocycles. The van der Waals surface area contributed by atoms with Crippen LogP contribution in [0.2, 0.25) is 0 Å². The highest BCUT2D eigenvalue weighted by Crippen LogP contribution is 2.22. The molecule has 1 aliphatic rings. The predicted molar refractivity (Wildman–Crippen MR) is 93.9 cm³/mol. The van der Waals surface area contributed by atoms with Crippen molar-refractivity contribution in [2.75, 3.05) is 20.2 Å². The molecule has 122 valence electrons. The zero-order valence-corrected chi connectivity index (χ0v) is 13.9. The SMILES string of the molecule is COc1ccc(-c2ccc(CNC(=O)C3CNC3)cc2)cc1.Cl. The summed E-state index contributed by atoms with van der Waals surface area (Å²) < 4.78 is 5.17. The Balaban J connectivity index is 0.00000192. The number of nitrogens with one attached hydrogen (secondary N) is 2. The minimum Gasteiger partial charge on any atom is -0.497 e. The second-order valence-electron chi connectivity index (χ2n) is 5.50. The van der Waals surface area contributed by atoms with E-state index in [1.165, 1.54) is 0 Å². The summed E-state index contributed by atoms with van der Waals surface area (Å²) in [6.45, 7) is 2.17. The number of carbonyl (C=O) groups excluding carboxylic acids is 1. The minimum absolute atomic E-state index is 0. The molecule has 1 heterocycles. The fourth-order valence-corrected chi connectivity index (χ4v) is 2.41. The van der Waals surface area contributed by atoms with Crippen molar-refractivity contribution in [2.45, 2.75) is 6.54 Å². The zero-order valence-electron chi connectivity index (χ0n) is 13.0. The minimum atomic E-state index is 0. The highest BCUT2D eigenvalue weighted by molar-refractivity contribution is 5.85. The lowest BCUT2D eigenvalue weighted by Crippen LogP contribution is -2.50. The summed E-state index contributed by atoms with van der Waals surface area (Å²) in [6, 6.07) is 16.3. The summed E-state index contributed by atoms with van der Waals surface area (Å²) in [4.78, 5) is 11.8. The van der Waals surface area contributed by atoms with Crippen LogP contribution in [0.5, 0.6) is 5.75 Å². The van der Waals surface area contributed by atoms with E-state index in [9.17, 15) is 4.79 Å². The molecule has 0 aliphatic carbocycles. The monoisotopic (exact) mass is 332 g/mol. The van der Waals surface area contributed by atoms with Gasteiger partial charge in [0.2, 0.25) is 5.91 Å². The van der Waals surface area contributed by atoms with Crippen molar-refractivity contribution in [3.05, 3.63) is 54.1 Å². The van der Waals surface area contributed by atoms with Crippen LogP contribution in [0.15, 0.2) is 48.5 Å². The van der Waals surface area contributed by atoms with Gasteiger partial charge >= 0.3 is 0 Å². The molecule has 3 rings (SSSR count). The third-order valence-electron chi connectivity index (χ3n) is 4.00. The maximum absolute atomic E-state index is 11.8. The van der Waals surface area contributed by atoms with Crippen LogP contribution in [0.25, 0.3) is 11.1 Å². The Morgan fingerprint density at radius 2 is 1.65 bits per heavy atom. The number of carbonyl (C=O) groups is 1. The van der Waals surface area contributed by atoms with Crippen LogP contribution >= 0.6 is 12.4 Å². The van der Waals surface area contributed by atoms with Gasteiger partial charge < -0.3 is 15.4 Å². The van der Waals surface area contributed by atoms with E-state index >= 15 is 0 Å². The largest absolute Gasteiger partial charge is 0.497 e. The van der Waals surface area contributed by atoms with Gasteiger partial charge in [0.05, 0.1) is 13.0 Å². The topological polar surface area (TPSA) is 50.4 Å². The average Bonchev–Trinajstić information content (AvgIpc) is 2.52. The molecule has 0 spiro atoms. The van der Waals surface area contributed by atoms with Gasteiger partial charge in [-0.3, -0.25) is 4.79 Å². The Morgan fingerprint density at radius 3 is 2.13 bits per heavy atom. The summed E-state index contributed by atoms with van der Waals surface area (Å²) in [5.74, 6) is 1.13. The molecule has 1 saturated heterocycles. The smallest absolute Gasteiger partial charge is 0.225 e. The quantitative estimate of drug-likeness (QED) is 0.885. The molecular formula is C18H21ClN2O2. The molecule has 0 atom stereocenters. The molecule has 0 unspecified atom stereocenters. The fourth-order valence-electron chi connectivity index (χ4n) is 2.41.